The highest BCUT2D eigenvalue weighted by Crippen LogP contribution is 2.27. The number of nitrogens with one attached hydrogen (secondary N) is 2. The monoisotopic (exact) mass is 316 g/mol. The lowest BCUT2D eigenvalue weighted by atomic mass is 9.83. The Morgan fingerprint density at radius 3 is 2.70 bits per heavy atom. The van der Waals surface area contributed by atoms with Crippen molar-refractivity contribution < 1.29 is 9.72 Å². The third-order valence-electron chi connectivity index (χ3n) is 4.17. The van der Waals surface area contributed by atoms with Crippen LogP contribution in [0.4, 0.5) is 11.4 Å². The van der Waals surface area contributed by atoms with Crippen LogP contribution >= 0.6 is 0 Å². The Bertz CT molecular complexity index is 645. The molecule has 0 radical (unpaired) electrons. The molecule has 0 bridgehead atoms. The second kappa shape index (κ2) is 7.09. The normalized spacial score (nSPS) is 16.2. The molecule has 0 atom stereocenters. The Morgan fingerprint density at radius 2 is 2.09 bits per heavy atom. The van der Waals surface area contributed by atoms with Gasteiger partial charge < -0.3 is 10.6 Å². The lowest BCUT2D eigenvalue weighted by molar-refractivity contribution is -0.384. The van der Waals surface area contributed by atoms with Crippen LogP contribution in [0.5, 0.6) is 0 Å². The molecule has 0 spiro atoms. The second-order valence-electron chi connectivity index (χ2n) is 5.91. The number of amides is 1. The highest BCUT2D eigenvalue weighted by molar-refractivity contribution is 5.82. The van der Waals surface area contributed by atoms with E-state index in [4.69, 9.17) is 0 Å². The van der Waals surface area contributed by atoms with Crippen molar-refractivity contribution in [2.24, 2.45) is 0 Å². The van der Waals surface area contributed by atoms with Crippen LogP contribution in [0.2, 0.25) is 0 Å². The molecule has 0 aromatic heterocycles. The molecular weight excluding hydrogens is 296 g/mol. The van der Waals surface area contributed by atoms with E-state index in [-0.39, 0.29) is 18.1 Å². The van der Waals surface area contributed by atoms with Gasteiger partial charge in [-0.2, -0.15) is 5.26 Å². The Balaban J connectivity index is 1.98. The molecule has 1 saturated carbocycles. The van der Waals surface area contributed by atoms with Gasteiger partial charge in [0.15, 0.2) is 0 Å². The molecule has 1 aliphatic carbocycles. The number of carbonyl (C=O) groups excluding carboxylic acids is 1. The Labute approximate surface area is 134 Å². The van der Waals surface area contributed by atoms with Gasteiger partial charge in [-0.25, -0.2) is 0 Å². The third kappa shape index (κ3) is 4.19. The predicted octanol–water partition coefficient (Wildman–Crippen LogP) is 2.66. The van der Waals surface area contributed by atoms with E-state index < -0.39 is 10.5 Å². The Hall–Kier alpha value is -2.62. The van der Waals surface area contributed by atoms with Gasteiger partial charge >= 0.3 is 0 Å². The van der Waals surface area contributed by atoms with E-state index in [0.717, 1.165) is 24.8 Å². The average molecular weight is 316 g/mol. The van der Waals surface area contributed by atoms with Crippen LogP contribution in [-0.2, 0) is 4.79 Å². The molecule has 0 unspecified atom stereocenters. The lowest BCUT2D eigenvalue weighted by Crippen LogP contribution is -2.50. The fourth-order valence-corrected chi connectivity index (χ4v) is 2.82. The summed E-state index contributed by atoms with van der Waals surface area (Å²) in [4.78, 5) is 22.5. The fraction of sp³-hybridized carbons (Fsp3) is 0.500. The van der Waals surface area contributed by atoms with Crippen molar-refractivity contribution in [3.05, 3.63) is 33.9 Å². The number of hydrogen-bond acceptors (Lipinski definition) is 5. The van der Waals surface area contributed by atoms with Crippen LogP contribution in [0.15, 0.2) is 18.2 Å². The SMILES string of the molecule is Cc1ccc([N+](=O)[O-])cc1NCC(=O)NC1(C#N)CCCCC1. The van der Waals surface area contributed by atoms with Crippen LogP contribution < -0.4 is 10.6 Å². The van der Waals surface area contributed by atoms with Crippen molar-refractivity contribution in [3.63, 3.8) is 0 Å². The van der Waals surface area contributed by atoms with Crippen LogP contribution in [-0.4, -0.2) is 22.9 Å². The standard InChI is InChI=1S/C16H20N4O3/c1-12-5-6-13(20(22)23)9-14(12)18-10-15(21)19-16(11-17)7-3-2-4-8-16/h5-6,9,18H,2-4,7-8,10H2,1H3,(H,19,21). The molecule has 0 saturated heterocycles. The van der Waals surface area contributed by atoms with Gasteiger partial charge in [-0.15, -0.1) is 0 Å². The van der Waals surface area contributed by atoms with Gasteiger partial charge in [0.25, 0.3) is 5.69 Å². The lowest BCUT2D eigenvalue weighted by Gasteiger charge is -2.31. The quantitative estimate of drug-likeness (QED) is 0.641. The van der Waals surface area contributed by atoms with Crippen molar-refractivity contribution in [1.29, 1.82) is 5.26 Å². The summed E-state index contributed by atoms with van der Waals surface area (Å²) in [5.41, 5.74) is 0.564. The minimum Gasteiger partial charge on any atom is -0.376 e. The molecule has 23 heavy (non-hydrogen) atoms. The zero-order chi connectivity index (χ0) is 16.9. The molecular formula is C16H20N4O3. The molecule has 1 fully saturated rings. The number of benzene rings is 1. The number of hydrogen-bond donors (Lipinski definition) is 2. The summed E-state index contributed by atoms with van der Waals surface area (Å²) < 4.78 is 0. The van der Waals surface area contributed by atoms with Crippen molar-refractivity contribution in [1.82, 2.24) is 5.32 Å². The summed E-state index contributed by atoms with van der Waals surface area (Å²) >= 11 is 0. The minimum absolute atomic E-state index is 0.0224. The van der Waals surface area contributed by atoms with Gasteiger partial charge in [-0.05, 0) is 25.3 Å². The van der Waals surface area contributed by atoms with Crippen molar-refractivity contribution >= 4 is 17.3 Å². The van der Waals surface area contributed by atoms with E-state index in [2.05, 4.69) is 16.7 Å². The largest absolute Gasteiger partial charge is 0.376 e. The van der Waals surface area contributed by atoms with Crippen LogP contribution in [0.3, 0.4) is 0 Å². The van der Waals surface area contributed by atoms with Gasteiger partial charge in [-0.1, -0.05) is 25.3 Å². The Morgan fingerprint density at radius 1 is 1.39 bits per heavy atom. The predicted molar refractivity (Wildman–Crippen MR) is 85.9 cm³/mol. The molecule has 0 aliphatic heterocycles. The van der Waals surface area contributed by atoms with Crippen LogP contribution in [0.25, 0.3) is 0 Å². The maximum absolute atomic E-state index is 12.1. The zero-order valence-electron chi connectivity index (χ0n) is 13.1. The first-order valence-corrected chi connectivity index (χ1v) is 7.67. The number of aryl methyl sites for hydroxylation is 1. The first-order chi connectivity index (χ1) is 11.0. The number of rotatable bonds is 5. The summed E-state index contributed by atoms with van der Waals surface area (Å²) in [7, 11) is 0. The minimum atomic E-state index is -0.769. The highest BCUT2D eigenvalue weighted by Gasteiger charge is 2.33. The van der Waals surface area contributed by atoms with Crippen LogP contribution in [0, 0.1) is 28.4 Å². The van der Waals surface area contributed by atoms with Gasteiger partial charge in [0, 0.05) is 17.8 Å². The number of nitrogens with zero attached hydrogens (tertiary/aromatic N) is 2. The number of nitro benzene ring substituents is 1. The van der Waals surface area contributed by atoms with Crippen molar-refractivity contribution in [3.8, 4) is 6.07 Å². The van der Waals surface area contributed by atoms with Gasteiger partial charge in [0.1, 0.15) is 5.54 Å². The number of anilines is 1. The van der Waals surface area contributed by atoms with E-state index in [0.29, 0.717) is 18.5 Å². The molecule has 0 heterocycles. The van der Waals surface area contributed by atoms with Crippen molar-refractivity contribution in [2.75, 3.05) is 11.9 Å². The zero-order valence-corrected chi connectivity index (χ0v) is 13.1. The summed E-state index contributed by atoms with van der Waals surface area (Å²) in [6, 6.07) is 6.70. The number of nitro groups is 1. The third-order valence-corrected chi connectivity index (χ3v) is 4.17. The van der Waals surface area contributed by atoms with E-state index in [9.17, 15) is 20.2 Å². The molecule has 7 heteroatoms. The van der Waals surface area contributed by atoms with Crippen molar-refractivity contribution in [2.45, 2.75) is 44.6 Å². The molecule has 1 aliphatic rings. The first kappa shape index (κ1) is 16.7. The van der Waals surface area contributed by atoms with E-state index in [1.807, 2.05) is 6.92 Å². The topological polar surface area (TPSA) is 108 Å². The summed E-state index contributed by atoms with van der Waals surface area (Å²) in [6.07, 6.45) is 4.30. The molecule has 1 aromatic carbocycles. The number of non-ortho nitro benzene ring substituents is 1. The fourth-order valence-electron chi connectivity index (χ4n) is 2.82. The average Bonchev–Trinajstić information content (AvgIpc) is 2.54. The maximum Gasteiger partial charge on any atom is 0.271 e. The smallest absolute Gasteiger partial charge is 0.271 e. The molecule has 1 aromatic rings. The molecule has 2 N–H and O–H groups in total. The van der Waals surface area contributed by atoms with E-state index in [1.165, 1.54) is 12.1 Å². The second-order valence-corrected chi connectivity index (χ2v) is 5.91. The summed E-state index contributed by atoms with van der Waals surface area (Å²) in [5, 5.41) is 25.9. The summed E-state index contributed by atoms with van der Waals surface area (Å²) in [5.74, 6) is -0.278. The van der Waals surface area contributed by atoms with E-state index >= 15 is 0 Å². The maximum atomic E-state index is 12.1. The summed E-state index contributed by atoms with van der Waals surface area (Å²) in [6.45, 7) is 1.79. The molecule has 1 amide bonds. The highest BCUT2D eigenvalue weighted by atomic mass is 16.6. The van der Waals surface area contributed by atoms with Gasteiger partial charge in [0.2, 0.25) is 5.91 Å². The molecule has 7 nitrogen and oxygen atoms in total. The number of nitriles is 1. The molecule has 122 valence electrons. The van der Waals surface area contributed by atoms with Crippen LogP contribution in [0.1, 0.15) is 37.7 Å². The van der Waals surface area contributed by atoms with Gasteiger partial charge in [-0.3, -0.25) is 14.9 Å². The van der Waals surface area contributed by atoms with Gasteiger partial charge in [0.05, 0.1) is 17.5 Å². The first-order valence-electron chi connectivity index (χ1n) is 7.67. The molecule has 2 rings (SSSR count). The Kier molecular flexibility index (Phi) is 5.16. The van der Waals surface area contributed by atoms with E-state index in [1.54, 1.807) is 6.07 Å². The number of carbonyl (C=O) groups is 1.